The molecule has 20 heavy (non-hydrogen) atoms. The van der Waals surface area contributed by atoms with Crippen LogP contribution in [0, 0.1) is 0 Å². The molecule has 0 aliphatic heterocycles. The van der Waals surface area contributed by atoms with Crippen LogP contribution in [-0.4, -0.2) is 11.4 Å². The first-order valence-electron chi connectivity index (χ1n) is 5.64. The molecule has 104 valence electrons. The molecule has 2 aromatic rings. The highest BCUT2D eigenvalue weighted by Crippen LogP contribution is 2.25. The lowest BCUT2D eigenvalue weighted by Gasteiger charge is -2.10. The van der Waals surface area contributed by atoms with Crippen molar-refractivity contribution >= 4 is 41.0 Å². The molecular weight excluding hydrogens is 321 g/mol. The molecule has 0 fully saturated rings. The summed E-state index contributed by atoms with van der Waals surface area (Å²) in [6.07, 6.45) is 1.25. The van der Waals surface area contributed by atoms with E-state index in [2.05, 4.69) is 5.16 Å². The van der Waals surface area contributed by atoms with Gasteiger partial charge in [0.15, 0.2) is 0 Å². The van der Waals surface area contributed by atoms with Gasteiger partial charge in [0, 0.05) is 26.2 Å². The van der Waals surface area contributed by atoms with Gasteiger partial charge in [-0.15, -0.1) is 0 Å². The Morgan fingerprint density at radius 3 is 2.45 bits per heavy atom. The van der Waals surface area contributed by atoms with Crippen LogP contribution in [0.3, 0.4) is 0 Å². The van der Waals surface area contributed by atoms with Gasteiger partial charge in [-0.05, 0) is 30.3 Å². The fraction of sp³-hybridized carbons (Fsp3) is 0.0714. The number of ether oxygens (including phenoxy) is 1. The third-order valence-electron chi connectivity index (χ3n) is 2.57. The molecule has 0 unspecified atom stereocenters. The molecular formula is C14H10Cl3NO2. The van der Waals surface area contributed by atoms with E-state index in [0.717, 1.165) is 5.56 Å². The van der Waals surface area contributed by atoms with E-state index in [-0.39, 0.29) is 6.61 Å². The summed E-state index contributed by atoms with van der Waals surface area (Å²) in [5.74, 6) is 0.540. The maximum atomic E-state index is 8.63. The lowest BCUT2D eigenvalue weighted by Crippen LogP contribution is -1.99. The van der Waals surface area contributed by atoms with Gasteiger partial charge in [0.1, 0.15) is 12.4 Å². The van der Waals surface area contributed by atoms with Crippen molar-refractivity contribution in [3.8, 4) is 5.75 Å². The van der Waals surface area contributed by atoms with Crippen LogP contribution in [0.5, 0.6) is 5.75 Å². The molecule has 0 saturated carbocycles. The third-order valence-corrected chi connectivity index (χ3v) is 3.39. The van der Waals surface area contributed by atoms with Crippen LogP contribution < -0.4 is 4.74 Å². The fourth-order valence-corrected chi connectivity index (χ4v) is 2.25. The summed E-state index contributed by atoms with van der Waals surface area (Å²) in [6, 6.07) is 10.2. The van der Waals surface area contributed by atoms with Gasteiger partial charge in [-0.25, -0.2) is 0 Å². The van der Waals surface area contributed by atoms with Gasteiger partial charge in [-0.3, -0.25) is 0 Å². The number of benzene rings is 2. The third kappa shape index (κ3) is 3.79. The molecule has 0 bridgehead atoms. The Labute approximate surface area is 131 Å². The zero-order valence-corrected chi connectivity index (χ0v) is 12.5. The molecule has 2 rings (SSSR count). The van der Waals surface area contributed by atoms with Gasteiger partial charge in [-0.2, -0.15) is 0 Å². The molecule has 0 atom stereocenters. The predicted molar refractivity (Wildman–Crippen MR) is 81.6 cm³/mol. The Bertz CT molecular complexity index is 644. The maximum absolute atomic E-state index is 8.63. The minimum atomic E-state index is 0.268. The van der Waals surface area contributed by atoms with E-state index in [0.29, 0.717) is 26.4 Å². The molecule has 0 spiro atoms. The fourth-order valence-electron chi connectivity index (χ4n) is 1.61. The molecule has 0 amide bonds. The molecule has 0 aliphatic carbocycles. The van der Waals surface area contributed by atoms with Gasteiger partial charge in [0.05, 0.1) is 6.21 Å². The minimum Gasteiger partial charge on any atom is -0.488 e. The summed E-state index contributed by atoms with van der Waals surface area (Å²) in [5.41, 5.74) is 1.38. The van der Waals surface area contributed by atoms with E-state index in [1.807, 2.05) is 0 Å². The SMILES string of the molecule is O/N=C\c1cc(Cl)ccc1OCc1ccc(Cl)cc1Cl. The number of oxime groups is 1. The topological polar surface area (TPSA) is 41.8 Å². The Morgan fingerprint density at radius 2 is 1.75 bits per heavy atom. The second-order valence-electron chi connectivity index (χ2n) is 3.95. The summed E-state index contributed by atoms with van der Waals surface area (Å²) in [7, 11) is 0. The van der Waals surface area contributed by atoms with E-state index in [9.17, 15) is 0 Å². The van der Waals surface area contributed by atoms with Crippen LogP contribution >= 0.6 is 34.8 Å². The minimum absolute atomic E-state index is 0.268. The normalized spacial score (nSPS) is 10.9. The zero-order valence-electron chi connectivity index (χ0n) is 10.2. The second kappa shape index (κ2) is 6.84. The molecule has 0 aliphatic rings. The molecule has 0 saturated heterocycles. The molecule has 0 aromatic heterocycles. The number of hydrogen-bond acceptors (Lipinski definition) is 3. The summed E-state index contributed by atoms with van der Waals surface area (Å²) < 4.78 is 5.66. The van der Waals surface area contributed by atoms with Crippen LogP contribution in [0.2, 0.25) is 15.1 Å². The van der Waals surface area contributed by atoms with Crippen molar-refractivity contribution in [2.75, 3.05) is 0 Å². The van der Waals surface area contributed by atoms with Crippen molar-refractivity contribution in [3.63, 3.8) is 0 Å². The number of rotatable bonds is 4. The average Bonchev–Trinajstić information content (AvgIpc) is 2.40. The van der Waals surface area contributed by atoms with Gasteiger partial charge >= 0.3 is 0 Å². The summed E-state index contributed by atoms with van der Waals surface area (Å²) in [4.78, 5) is 0. The smallest absolute Gasteiger partial charge is 0.128 e. The van der Waals surface area contributed by atoms with Crippen molar-refractivity contribution < 1.29 is 9.94 Å². The van der Waals surface area contributed by atoms with E-state index >= 15 is 0 Å². The highest BCUT2D eigenvalue weighted by Gasteiger charge is 2.06. The van der Waals surface area contributed by atoms with Crippen LogP contribution in [0.4, 0.5) is 0 Å². The average molecular weight is 331 g/mol. The van der Waals surface area contributed by atoms with Crippen molar-refractivity contribution in [1.82, 2.24) is 0 Å². The number of nitrogens with zero attached hydrogens (tertiary/aromatic N) is 1. The van der Waals surface area contributed by atoms with Crippen LogP contribution in [0.15, 0.2) is 41.6 Å². The van der Waals surface area contributed by atoms with Gasteiger partial charge in [0.25, 0.3) is 0 Å². The summed E-state index contributed by atoms with van der Waals surface area (Å²) in [5, 5.41) is 13.2. The first kappa shape index (κ1) is 15.0. The Balaban J connectivity index is 2.18. The standard InChI is InChI=1S/C14H10Cl3NO2/c15-11-3-4-14(10(5-11)7-18-19)20-8-9-1-2-12(16)6-13(9)17/h1-7,19H,8H2/b18-7-. The molecule has 1 N–H and O–H groups in total. The monoisotopic (exact) mass is 329 g/mol. The first-order valence-corrected chi connectivity index (χ1v) is 6.77. The highest BCUT2D eigenvalue weighted by molar-refractivity contribution is 6.35. The Kier molecular flexibility index (Phi) is 5.12. The lowest BCUT2D eigenvalue weighted by atomic mass is 10.2. The predicted octanol–water partition coefficient (Wildman–Crippen LogP) is 5.03. The van der Waals surface area contributed by atoms with E-state index < -0.39 is 0 Å². The number of halogens is 3. The lowest BCUT2D eigenvalue weighted by molar-refractivity contribution is 0.304. The van der Waals surface area contributed by atoms with Gasteiger partial charge < -0.3 is 9.94 Å². The molecule has 2 aromatic carbocycles. The van der Waals surface area contributed by atoms with Crippen molar-refractivity contribution in [3.05, 3.63) is 62.6 Å². The Hall–Kier alpha value is -1.42. The van der Waals surface area contributed by atoms with E-state index in [1.165, 1.54) is 6.21 Å². The molecule has 6 heteroatoms. The quantitative estimate of drug-likeness (QED) is 0.485. The van der Waals surface area contributed by atoms with E-state index in [1.54, 1.807) is 36.4 Å². The molecule has 0 heterocycles. The number of hydrogen-bond donors (Lipinski definition) is 1. The van der Waals surface area contributed by atoms with Crippen molar-refractivity contribution in [2.45, 2.75) is 6.61 Å². The molecule has 0 radical (unpaired) electrons. The second-order valence-corrected chi connectivity index (χ2v) is 5.23. The summed E-state index contributed by atoms with van der Waals surface area (Å²) in [6.45, 7) is 0.268. The maximum Gasteiger partial charge on any atom is 0.128 e. The highest BCUT2D eigenvalue weighted by atomic mass is 35.5. The zero-order chi connectivity index (χ0) is 14.5. The summed E-state index contributed by atoms with van der Waals surface area (Å²) >= 11 is 17.8. The van der Waals surface area contributed by atoms with Crippen LogP contribution in [0.1, 0.15) is 11.1 Å². The van der Waals surface area contributed by atoms with Gasteiger partial charge in [-0.1, -0.05) is 46.0 Å². The largest absolute Gasteiger partial charge is 0.488 e. The van der Waals surface area contributed by atoms with Gasteiger partial charge in [0.2, 0.25) is 0 Å². The van der Waals surface area contributed by atoms with Crippen LogP contribution in [-0.2, 0) is 6.61 Å². The van der Waals surface area contributed by atoms with Crippen LogP contribution in [0.25, 0.3) is 0 Å². The Morgan fingerprint density at radius 1 is 1.05 bits per heavy atom. The first-order chi connectivity index (χ1) is 9.60. The van der Waals surface area contributed by atoms with Crippen molar-refractivity contribution in [1.29, 1.82) is 0 Å². The van der Waals surface area contributed by atoms with E-state index in [4.69, 9.17) is 44.7 Å². The molecule has 3 nitrogen and oxygen atoms in total. The van der Waals surface area contributed by atoms with Crippen molar-refractivity contribution in [2.24, 2.45) is 5.16 Å².